The fraction of sp³-hybridized carbons (Fsp3) is 1.00. The molecule has 0 aromatic rings. The van der Waals surface area contributed by atoms with E-state index in [-0.39, 0.29) is 0 Å². The SMILES string of the molecule is CC1(Br)CC[CH2][Bi]([NH3+])[C]1(C)C. The monoisotopic (exact) mass is 416 g/mol. The first-order valence-electron chi connectivity index (χ1n) is 4.15. The van der Waals surface area contributed by atoms with E-state index in [1.165, 1.54) is 17.0 Å². The van der Waals surface area contributed by atoms with Crippen molar-refractivity contribution in [3.8, 4) is 0 Å². The van der Waals surface area contributed by atoms with Gasteiger partial charge in [0.25, 0.3) is 0 Å². The Morgan fingerprint density at radius 3 is 2.27 bits per heavy atom. The average Bonchev–Trinajstić information content (AvgIpc) is 1.84. The van der Waals surface area contributed by atoms with E-state index < -0.39 is 22.0 Å². The number of hydrogen-bond acceptors (Lipinski definition) is 0. The summed E-state index contributed by atoms with van der Waals surface area (Å²) in [7, 11) is 0. The summed E-state index contributed by atoms with van der Waals surface area (Å²) in [5.41, 5.74) is 0. The Kier molecular flexibility index (Phi) is 3.06. The molecule has 0 aromatic heterocycles. The molecule has 1 aliphatic rings. The molecule has 0 saturated carbocycles. The van der Waals surface area contributed by atoms with E-state index in [0.29, 0.717) is 7.45 Å². The molecule has 1 fully saturated rings. The fourth-order valence-electron chi connectivity index (χ4n) is 1.52. The van der Waals surface area contributed by atoms with Gasteiger partial charge >= 0.3 is 86.8 Å². The van der Waals surface area contributed by atoms with Crippen LogP contribution in [0.2, 0.25) is 7.25 Å². The zero-order valence-corrected chi connectivity index (χ0v) is 12.7. The van der Waals surface area contributed by atoms with Crippen molar-refractivity contribution >= 4 is 38.0 Å². The van der Waals surface area contributed by atoms with Gasteiger partial charge in [0.1, 0.15) is 0 Å². The van der Waals surface area contributed by atoms with Crippen molar-refractivity contribution in [2.75, 3.05) is 0 Å². The van der Waals surface area contributed by atoms with Crippen LogP contribution in [0.15, 0.2) is 0 Å². The van der Waals surface area contributed by atoms with E-state index in [9.17, 15) is 0 Å². The summed E-state index contributed by atoms with van der Waals surface area (Å²) in [5, 5.41) is 0. The van der Waals surface area contributed by atoms with Gasteiger partial charge in [0.05, 0.1) is 0 Å². The van der Waals surface area contributed by atoms with Gasteiger partial charge in [0.2, 0.25) is 0 Å². The molecule has 0 aliphatic carbocycles. The third-order valence-electron chi connectivity index (χ3n) is 3.14. The van der Waals surface area contributed by atoms with Crippen LogP contribution in [0.1, 0.15) is 33.6 Å². The zero-order valence-electron chi connectivity index (χ0n) is 7.65. The Balaban J connectivity index is 2.82. The first-order chi connectivity index (χ1) is 4.88. The van der Waals surface area contributed by atoms with Gasteiger partial charge in [-0.3, -0.25) is 0 Å². The van der Waals surface area contributed by atoms with E-state index in [1.54, 1.807) is 0 Å². The minimum atomic E-state index is -1.34. The second kappa shape index (κ2) is 3.23. The summed E-state index contributed by atoms with van der Waals surface area (Å²) in [4.78, 5) is 0. The number of hydrogen-bond donors (Lipinski definition) is 1. The predicted molar refractivity (Wildman–Crippen MR) is 54.1 cm³/mol. The number of halogens is 1. The predicted octanol–water partition coefficient (Wildman–Crippen LogP) is 1.95. The van der Waals surface area contributed by atoms with Crippen LogP contribution in [-0.4, -0.2) is 26.4 Å². The molecule has 0 amide bonds. The van der Waals surface area contributed by atoms with Gasteiger partial charge in [0.15, 0.2) is 0 Å². The fourth-order valence-corrected chi connectivity index (χ4v) is 11.3. The third kappa shape index (κ3) is 1.81. The molecule has 1 saturated heterocycles. The van der Waals surface area contributed by atoms with Crippen LogP contribution >= 0.6 is 15.9 Å². The topological polar surface area (TPSA) is 27.6 Å². The normalized spacial score (nSPS) is 39.0. The van der Waals surface area contributed by atoms with Gasteiger partial charge in [-0.1, -0.05) is 0 Å². The standard InChI is InChI=1S/C8H15Br.Bi.H3N/c1-5-6-8(4,9)7(2)3;;/h1,5-6H2,2-4H3;;1H3/q;+1;. The van der Waals surface area contributed by atoms with Crippen molar-refractivity contribution in [3.63, 3.8) is 0 Å². The van der Waals surface area contributed by atoms with Crippen LogP contribution in [-0.2, 0) is 0 Å². The summed E-state index contributed by atoms with van der Waals surface area (Å²) in [6, 6.07) is 0. The number of alkyl halides is 1. The van der Waals surface area contributed by atoms with Crippen LogP contribution in [0.4, 0.5) is 0 Å². The van der Waals surface area contributed by atoms with E-state index in [0.717, 1.165) is 0 Å². The van der Waals surface area contributed by atoms with Gasteiger partial charge in [-0.15, -0.1) is 0 Å². The minimum absolute atomic E-state index is 0.387. The van der Waals surface area contributed by atoms with Crippen LogP contribution in [0.5, 0.6) is 0 Å². The Morgan fingerprint density at radius 2 is 1.91 bits per heavy atom. The molecule has 1 unspecified atom stereocenters. The zero-order chi connectivity index (χ0) is 8.70. The van der Waals surface area contributed by atoms with Gasteiger partial charge < -0.3 is 0 Å². The van der Waals surface area contributed by atoms with Crippen molar-refractivity contribution < 1.29 is 3.68 Å². The molecular weight excluding hydrogens is 399 g/mol. The summed E-state index contributed by atoms with van der Waals surface area (Å²) in [6.07, 6.45) is 2.74. The molecule has 0 aromatic carbocycles. The van der Waals surface area contributed by atoms with Crippen LogP contribution < -0.4 is 3.68 Å². The molecule has 1 atom stereocenters. The van der Waals surface area contributed by atoms with Gasteiger partial charge in [-0.05, 0) is 0 Å². The Bertz CT molecular complexity index is 156. The quantitative estimate of drug-likeness (QED) is 0.461. The molecule has 1 rings (SSSR count). The third-order valence-corrected chi connectivity index (χ3v) is 17.2. The molecule has 1 heterocycles. The van der Waals surface area contributed by atoms with E-state index >= 15 is 0 Å². The molecule has 0 radical (unpaired) electrons. The molecule has 0 bridgehead atoms. The van der Waals surface area contributed by atoms with Crippen molar-refractivity contribution in [2.45, 2.75) is 45.2 Å². The van der Waals surface area contributed by atoms with Crippen LogP contribution in [0, 0.1) is 0 Å². The Hall–Kier alpha value is 1.32. The first-order valence-corrected chi connectivity index (χ1v) is 11.6. The molecular formula is C8H18BiBrN+. The maximum atomic E-state index is 4.42. The Morgan fingerprint density at radius 1 is 1.36 bits per heavy atom. The van der Waals surface area contributed by atoms with Gasteiger partial charge in [-0.2, -0.15) is 0 Å². The van der Waals surface area contributed by atoms with Crippen molar-refractivity contribution in [1.82, 2.24) is 0 Å². The van der Waals surface area contributed by atoms with Crippen LogP contribution in [0.25, 0.3) is 0 Å². The maximum absolute atomic E-state index is 4.42. The molecule has 11 heavy (non-hydrogen) atoms. The first kappa shape index (κ1) is 10.4. The van der Waals surface area contributed by atoms with E-state index in [2.05, 4.69) is 40.4 Å². The molecule has 3 N–H and O–H groups in total. The molecule has 0 spiro atoms. The second-order valence-electron chi connectivity index (χ2n) is 4.12. The van der Waals surface area contributed by atoms with E-state index in [1.807, 2.05) is 0 Å². The van der Waals surface area contributed by atoms with Gasteiger partial charge in [0, 0.05) is 0 Å². The second-order valence-corrected chi connectivity index (χ2v) is 16.2. The average molecular weight is 417 g/mol. The van der Waals surface area contributed by atoms with E-state index in [4.69, 9.17) is 0 Å². The summed E-state index contributed by atoms with van der Waals surface area (Å²) < 4.78 is 6.84. The van der Waals surface area contributed by atoms with Crippen molar-refractivity contribution in [1.29, 1.82) is 0 Å². The number of rotatable bonds is 0. The summed E-state index contributed by atoms with van der Waals surface area (Å²) in [6.45, 7) is 7.16. The van der Waals surface area contributed by atoms with Crippen molar-refractivity contribution in [3.05, 3.63) is 0 Å². The molecule has 1 aliphatic heterocycles. The molecule has 66 valence electrons. The Labute approximate surface area is 86.3 Å². The summed E-state index contributed by atoms with van der Waals surface area (Å²) in [5.74, 6) is 0. The van der Waals surface area contributed by atoms with Crippen molar-refractivity contribution in [2.24, 2.45) is 0 Å². The molecule has 1 nitrogen and oxygen atoms in total. The molecule has 3 heteroatoms. The van der Waals surface area contributed by atoms with Crippen LogP contribution in [0.3, 0.4) is 0 Å². The van der Waals surface area contributed by atoms with Gasteiger partial charge in [-0.25, -0.2) is 0 Å². The number of quaternary nitrogens is 1. The summed E-state index contributed by atoms with van der Waals surface area (Å²) >= 11 is 2.52.